The molecule has 0 aromatic heterocycles. The second kappa shape index (κ2) is 8.72. The minimum Gasteiger partial charge on any atom is -0.298 e. The highest BCUT2D eigenvalue weighted by atomic mass is 79.9. The lowest BCUT2D eigenvalue weighted by molar-refractivity contribution is 0.122. The lowest BCUT2D eigenvalue weighted by Crippen LogP contribution is -2.52. The summed E-state index contributed by atoms with van der Waals surface area (Å²) >= 11 is 3.60. The van der Waals surface area contributed by atoms with Crippen LogP contribution in [0.25, 0.3) is 0 Å². The van der Waals surface area contributed by atoms with Crippen molar-refractivity contribution >= 4 is 26.0 Å². The van der Waals surface area contributed by atoms with E-state index in [4.69, 9.17) is 0 Å². The normalized spacial score (nSPS) is 24.6. The van der Waals surface area contributed by atoms with Crippen molar-refractivity contribution in [2.45, 2.75) is 64.0 Å². The highest BCUT2D eigenvalue weighted by molar-refractivity contribution is 9.10. The van der Waals surface area contributed by atoms with Gasteiger partial charge in [-0.05, 0) is 68.3 Å². The summed E-state index contributed by atoms with van der Waals surface area (Å²) in [6.45, 7) is 4.82. The summed E-state index contributed by atoms with van der Waals surface area (Å²) in [6, 6.07) is 7.28. The molecule has 0 radical (unpaired) electrons. The number of aryl methyl sites for hydroxylation is 1. The number of hydrogen-bond acceptors (Lipinski definition) is 3. The fourth-order valence-electron chi connectivity index (χ4n) is 4.59. The van der Waals surface area contributed by atoms with Crippen LogP contribution in [0.4, 0.5) is 0 Å². The lowest BCUT2D eigenvalue weighted by Gasteiger charge is -2.41. The highest BCUT2D eigenvalue weighted by Crippen LogP contribution is 2.29. The maximum Gasteiger partial charge on any atom is 0.211 e. The third-order valence-corrected chi connectivity index (χ3v) is 7.67. The van der Waals surface area contributed by atoms with E-state index in [2.05, 4.69) is 46.0 Å². The van der Waals surface area contributed by atoms with Gasteiger partial charge in [0, 0.05) is 29.6 Å². The third kappa shape index (κ3) is 4.89. The molecule has 1 saturated heterocycles. The molecule has 1 aliphatic heterocycles. The van der Waals surface area contributed by atoms with Gasteiger partial charge in [0.1, 0.15) is 0 Å². The minimum atomic E-state index is -3.12. The van der Waals surface area contributed by atoms with Crippen molar-refractivity contribution < 1.29 is 8.42 Å². The van der Waals surface area contributed by atoms with Gasteiger partial charge in [-0.2, -0.15) is 4.31 Å². The number of nitrogens with zero attached hydrogens (tertiary/aromatic N) is 2. The van der Waals surface area contributed by atoms with Crippen LogP contribution in [0.1, 0.15) is 50.2 Å². The zero-order valence-corrected chi connectivity index (χ0v) is 18.4. The maximum atomic E-state index is 12.2. The van der Waals surface area contributed by atoms with Gasteiger partial charge in [-0.25, -0.2) is 8.42 Å². The highest BCUT2D eigenvalue weighted by Gasteiger charge is 2.33. The van der Waals surface area contributed by atoms with Gasteiger partial charge in [0.25, 0.3) is 0 Å². The Morgan fingerprint density at radius 2 is 2.04 bits per heavy atom. The van der Waals surface area contributed by atoms with E-state index in [-0.39, 0.29) is 6.04 Å². The summed E-state index contributed by atoms with van der Waals surface area (Å²) in [7, 11) is -3.12. The molecule has 146 valence electrons. The van der Waals surface area contributed by atoms with Gasteiger partial charge in [-0.3, -0.25) is 4.90 Å². The van der Waals surface area contributed by atoms with E-state index in [9.17, 15) is 8.42 Å². The van der Waals surface area contributed by atoms with Crippen LogP contribution in [0.5, 0.6) is 0 Å². The van der Waals surface area contributed by atoms with Crippen molar-refractivity contribution in [3.63, 3.8) is 0 Å². The molecule has 1 aromatic rings. The zero-order chi connectivity index (χ0) is 18.7. The lowest BCUT2D eigenvalue weighted by atomic mass is 9.87. The Labute approximate surface area is 167 Å². The average Bonchev–Trinajstić information content (AvgIpc) is 2.60. The first-order valence-electron chi connectivity index (χ1n) is 9.86. The smallest absolute Gasteiger partial charge is 0.211 e. The largest absolute Gasteiger partial charge is 0.298 e. The first-order chi connectivity index (χ1) is 12.4. The van der Waals surface area contributed by atoms with E-state index < -0.39 is 10.0 Å². The Bertz CT molecular complexity index is 723. The van der Waals surface area contributed by atoms with Crippen molar-refractivity contribution in [2.75, 3.05) is 25.9 Å². The molecule has 0 amide bonds. The fourth-order valence-corrected chi connectivity index (χ4v) is 6.17. The molecule has 0 N–H and O–H groups in total. The second-order valence-electron chi connectivity index (χ2n) is 7.83. The van der Waals surface area contributed by atoms with E-state index in [1.165, 1.54) is 23.8 Å². The number of hydrogen-bond donors (Lipinski definition) is 0. The Hall–Kier alpha value is -0.430. The number of benzene rings is 1. The van der Waals surface area contributed by atoms with Crippen LogP contribution >= 0.6 is 15.9 Å². The molecule has 2 unspecified atom stereocenters. The maximum absolute atomic E-state index is 12.2. The van der Waals surface area contributed by atoms with Gasteiger partial charge >= 0.3 is 0 Å². The molecule has 3 rings (SSSR count). The summed E-state index contributed by atoms with van der Waals surface area (Å²) in [5, 5.41) is 0. The zero-order valence-electron chi connectivity index (χ0n) is 16.0. The van der Waals surface area contributed by atoms with Crippen molar-refractivity contribution in [3.05, 3.63) is 33.8 Å². The summed E-state index contributed by atoms with van der Waals surface area (Å²) in [5.41, 5.74) is 2.91. The van der Waals surface area contributed by atoms with Gasteiger partial charge < -0.3 is 0 Å². The van der Waals surface area contributed by atoms with Gasteiger partial charge in [-0.1, -0.05) is 35.3 Å². The quantitative estimate of drug-likeness (QED) is 0.671. The number of piperidine rings is 1. The van der Waals surface area contributed by atoms with E-state index in [1.807, 2.05) is 0 Å². The molecule has 0 saturated carbocycles. The first kappa shape index (κ1) is 20.3. The average molecular weight is 443 g/mol. The molecule has 1 aromatic carbocycles. The second-order valence-corrected chi connectivity index (χ2v) is 10.7. The van der Waals surface area contributed by atoms with Crippen LogP contribution in [0.15, 0.2) is 22.7 Å². The molecule has 0 spiro atoms. The van der Waals surface area contributed by atoms with Crippen LogP contribution in [0.2, 0.25) is 0 Å². The van der Waals surface area contributed by atoms with Crippen LogP contribution in [-0.2, 0) is 22.9 Å². The fraction of sp³-hybridized carbons (Fsp3) is 0.700. The van der Waals surface area contributed by atoms with Crippen molar-refractivity contribution in [2.24, 2.45) is 0 Å². The first-order valence-corrected chi connectivity index (χ1v) is 12.5. The predicted octanol–water partition coefficient (Wildman–Crippen LogP) is 3.83. The molecule has 1 fully saturated rings. The molecule has 26 heavy (non-hydrogen) atoms. The van der Waals surface area contributed by atoms with Crippen molar-refractivity contribution in [1.29, 1.82) is 0 Å². The van der Waals surface area contributed by atoms with Crippen LogP contribution in [0, 0.1) is 0 Å². The number of fused-ring (bicyclic) bond motifs is 1. The molecule has 0 bridgehead atoms. The molecule has 6 heteroatoms. The SMILES string of the molecule is CCCN(CC1CCCCN1S(C)(=O)=O)C1CCc2ccc(Br)cc2C1. The van der Waals surface area contributed by atoms with Gasteiger partial charge in [0.05, 0.1) is 6.26 Å². The van der Waals surface area contributed by atoms with E-state index >= 15 is 0 Å². The summed E-state index contributed by atoms with van der Waals surface area (Å²) in [6.07, 6.45) is 8.94. The molecule has 2 atom stereocenters. The predicted molar refractivity (Wildman–Crippen MR) is 111 cm³/mol. The minimum absolute atomic E-state index is 0.134. The Morgan fingerprint density at radius 3 is 2.77 bits per heavy atom. The van der Waals surface area contributed by atoms with Gasteiger partial charge in [0.2, 0.25) is 10.0 Å². The standard InChI is InChI=1S/C20H31BrN2O2S/c1-3-11-22(15-20-6-4-5-12-23(20)26(2,24)25)19-10-8-16-7-9-18(21)13-17(16)14-19/h7,9,13,19-20H,3-6,8,10-12,14-15H2,1-2H3. The number of halogens is 1. The topological polar surface area (TPSA) is 40.6 Å². The summed E-state index contributed by atoms with van der Waals surface area (Å²) in [4.78, 5) is 2.57. The summed E-state index contributed by atoms with van der Waals surface area (Å²) < 4.78 is 27.3. The Balaban J connectivity index is 1.75. The monoisotopic (exact) mass is 442 g/mol. The van der Waals surface area contributed by atoms with Crippen LogP contribution in [0.3, 0.4) is 0 Å². The third-order valence-electron chi connectivity index (χ3n) is 5.84. The number of sulfonamides is 1. The Kier molecular flexibility index (Phi) is 6.81. The van der Waals surface area contributed by atoms with E-state index in [1.54, 1.807) is 4.31 Å². The summed E-state index contributed by atoms with van der Waals surface area (Å²) in [5.74, 6) is 0. The Morgan fingerprint density at radius 1 is 1.23 bits per heavy atom. The van der Waals surface area contributed by atoms with Gasteiger partial charge in [-0.15, -0.1) is 0 Å². The van der Waals surface area contributed by atoms with Crippen LogP contribution < -0.4 is 0 Å². The van der Waals surface area contributed by atoms with Crippen molar-refractivity contribution in [1.82, 2.24) is 9.21 Å². The van der Waals surface area contributed by atoms with E-state index in [0.29, 0.717) is 12.6 Å². The van der Waals surface area contributed by atoms with E-state index in [0.717, 1.165) is 56.1 Å². The van der Waals surface area contributed by atoms with Gasteiger partial charge in [0.15, 0.2) is 0 Å². The molecular formula is C20H31BrN2O2S. The van der Waals surface area contributed by atoms with Crippen molar-refractivity contribution in [3.8, 4) is 0 Å². The number of rotatable bonds is 6. The van der Waals surface area contributed by atoms with Crippen LogP contribution in [-0.4, -0.2) is 55.6 Å². The molecule has 1 heterocycles. The molecular weight excluding hydrogens is 412 g/mol. The molecule has 2 aliphatic rings. The molecule has 1 aliphatic carbocycles. The molecule has 4 nitrogen and oxygen atoms in total.